The molecule has 1 heterocycles. The van der Waals surface area contributed by atoms with Crippen LogP contribution in [0.15, 0.2) is 12.1 Å². The predicted molar refractivity (Wildman–Crippen MR) is 74.4 cm³/mol. The van der Waals surface area contributed by atoms with Gasteiger partial charge in [0.15, 0.2) is 0 Å². The third kappa shape index (κ3) is 3.28. The highest BCUT2D eigenvalue weighted by atomic mass is 32.1. The van der Waals surface area contributed by atoms with Crippen molar-refractivity contribution >= 4 is 11.3 Å². The summed E-state index contributed by atoms with van der Waals surface area (Å²) in [7, 11) is 2.03. The Labute approximate surface area is 108 Å². The van der Waals surface area contributed by atoms with Gasteiger partial charge in [0.1, 0.15) is 0 Å². The highest BCUT2D eigenvalue weighted by molar-refractivity contribution is 7.12. The molecule has 3 nitrogen and oxygen atoms in total. The maximum absolute atomic E-state index is 9.47. The average molecular weight is 256 g/mol. The molecule has 0 amide bonds. The first-order valence-corrected chi connectivity index (χ1v) is 6.77. The molecule has 1 rings (SSSR count). The number of aryl methyl sites for hydroxylation is 1. The summed E-state index contributed by atoms with van der Waals surface area (Å²) in [6.45, 7) is 8.30. The first-order chi connectivity index (χ1) is 7.79. The van der Waals surface area contributed by atoms with E-state index in [0.717, 1.165) is 0 Å². The number of nitrogens with two attached hydrogens (primary N) is 1. The molecule has 0 aliphatic rings. The van der Waals surface area contributed by atoms with Crippen LogP contribution in [0.5, 0.6) is 0 Å². The molecule has 2 atom stereocenters. The van der Waals surface area contributed by atoms with Gasteiger partial charge < -0.3 is 10.8 Å². The van der Waals surface area contributed by atoms with Crippen molar-refractivity contribution < 1.29 is 5.11 Å². The molecule has 0 aliphatic heterocycles. The largest absolute Gasteiger partial charge is 0.394 e. The average Bonchev–Trinajstić information content (AvgIpc) is 2.64. The Balaban J connectivity index is 3.02. The Kier molecular flexibility index (Phi) is 4.72. The molecule has 2 unspecified atom stereocenters. The molecule has 0 saturated carbocycles. The van der Waals surface area contributed by atoms with Crippen LogP contribution in [0, 0.1) is 6.92 Å². The third-order valence-corrected chi connectivity index (χ3v) is 4.38. The SMILES string of the molecule is Cc1ccc(C(C(C)N)N(C)C(C)(C)CO)s1. The van der Waals surface area contributed by atoms with Gasteiger partial charge in [-0.3, -0.25) is 4.90 Å². The van der Waals surface area contributed by atoms with Gasteiger partial charge >= 0.3 is 0 Å². The zero-order valence-electron chi connectivity index (χ0n) is 11.4. The van der Waals surface area contributed by atoms with Crippen LogP contribution in [0.4, 0.5) is 0 Å². The lowest BCUT2D eigenvalue weighted by Gasteiger charge is -2.41. The number of aliphatic hydroxyl groups excluding tert-OH is 1. The summed E-state index contributed by atoms with van der Waals surface area (Å²) in [5.74, 6) is 0. The lowest BCUT2D eigenvalue weighted by atomic mass is 9.98. The highest BCUT2D eigenvalue weighted by Gasteiger charge is 2.32. The highest BCUT2D eigenvalue weighted by Crippen LogP contribution is 2.32. The number of thiophene rings is 1. The summed E-state index contributed by atoms with van der Waals surface area (Å²) in [5, 5.41) is 9.47. The van der Waals surface area contributed by atoms with Crippen molar-refractivity contribution in [1.29, 1.82) is 0 Å². The van der Waals surface area contributed by atoms with Crippen molar-refractivity contribution in [2.24, 2.45) is 5.73 Å². The third-order valence-electron chi connectivity index (χ3n) is 3.31. The molecule has 0 aromatic carbocycles. The van der Waals surface area contributed by atoms with E-state index in [2.05, 4.69) is 24.0 Å². The van der Waals surface area contributed by atoms with Crippen molar-refractivity contribution in [3.63, 3.8) is 0 Å². The molecule has 4 heteroatoms. The molecule has 0 radical (unpaired) electrons. The van der Waals surface area contributed by atoms with Crippen LogP contribution >= 0.6 is 11.3 Å². The molecular weight excluding hydrogens is 232 g/mol. The van der Waals surface area contributed by atoms with Gasteiger partial charge in [0.05, 0.1) is 12.6 Å². The van der Waals surface area contributed by atoms with Crippen LogP contribution < -0.4 is 5.73 Å². The van der Waals surface area contributed by atoms with E-state index >= 15 is 0 Å². The fraction of sp³-hybridized carbons (Fsp3) is 0.692. The topological polar surface area (TPSA) is 49.5 Å². The summed E-state index contributed by atoms with van der Waals surface area (Å²) in [6.07, 6.45) is 0. The van der Waals surface area contributed by atoms with Gasteiger partial charge in [0, 0.05) is 21.3 Å². The zero-order chi connectivity index (χ0) is 13.2. The van der Waals surface area contributed by atoms with E-state index < -0.39 is 0 Å². The molecule has 0 saturated heterocycles. The number of aliphatic hydroxyl groups is 1. The van der Waals surface area contributed by atoms with Gasteiger partial charge in [-0.25, -0.2) is 0 Å². The van der Waals surface area contributed by atoms with E-state index in [1.54, 1.807) is 11.3 Å². The van der Waals surface area contributed by atoms with Gasteiger partial charge in [-0.2, -0.15) is 0 Å². The lowest BCUT2D eigenvalue weighted by Crippen LogP contribution is -2.50. The maximum Gasteiger partial charge on any atom is 0.0610 e. The molecule has 1 aromatic heterocycles. The van der Waals surface area contributed by atoms with Gasteiger partial charge in [0.2, 0.25) is 0 Å². The molecule has 3 N–H and O–H groups in total. The van der Waals surface area contributed by atoms with Gasteiger partial charge in [-0.15, -0.1) is 11.3 Å². The Morgan fingerprint density at radius 3 is 2.41 bits per heavy atom. The molecule has 0 aliphatic carbocycles. The number of hydrogen-bond acceptors (Lipinski definition) is 4. The van der Waals surface area contributed by atoms with Gasteiger partial charge in [-0.1, -0.05) is 0 Å². The Morgan fingerprint density at radius 2 is 2.06 bits per heavy atom. The maximum atomic E-state index is 9.47. The summed E-state index contributed by atoms with van der Waals surface area (Å²) < 4.78 is 0. The smallest absolute Gasteiger partial charge is 0.0610 e. The minimum atomic E-state index is -0.268. The van der Waals surface area contributed by atoms with Crippen molar-refractivity contribution in [3.05, 3.63) is 21.9 Å². The van der Waals surface area contributed by atoms with Crippen LogP contribution in [-0.4, -0.2) is 35.2 Å². The summed E-state index contributed by atoms with van der Waals surface area (Å²) in [6, 6.07) is 4.44. The number of likely N-dealkylation sites (N-methyl/N-ethyl adjacent to an activating group) is 1. The molecule has 0 bridgehead atoms. The second kappa shape index (κ2) is 5.48. The van der Waals surface area contributed by atoms with Crippen molar-refractivity contribution in [3.8, 4) is 0 Å². The minimum Gasteiger partial charge on any atom is -0.394 e. The Bertz CT molecular complexity index is 360. The zero-order valence-corrected chi connectivity index (χ0v) is 12.2. The monoisotopic (exact) mass is 256 g/mol. The lowest BCUT2D eigenvalue weighted by molar-refractivity contribution is 0.0383. The van der Waals surface area contributed by atoms with E-state index in [0.29, 0.717) is 0 Å². The number of hydrogen-bond donors (Lipinski definition) is 2. The van der Waals surface area contributed by atoms with E-state index in [4.69, 9.17) is 5.73 Å². The second-order valence-corrected chi connectivity index (χ2v) is 6.65. The van der Waals surface area contributed by atoms with Crippen LogP contribution in [0.1, 0.15) is 36.6 Å². The number of rotatable bonds is 5. The minimum absolute atomic E-state index is 0.0314. The van der Waals surface area contributed by atoms with Gasteiger partial charge in [-0.05, 0) is 46.9 Å². The van der Waals surface area contributed by atoms with Crippen molar-refractivity contribution in [2.75, 3.05) is 13.7 Å². The fourth-order valence-electron chi connectivity index (χ4n) is 1.90. The van der Waals surface area contributed by atoms with Crippen molar-refractivity contribution in [2.45, 2.75) is 45.3 Å². The van der Waals surface area contributed by atoms with Crippen LogP contribution in [0.3, 0.4) is 0 Å². The van der Waals surface area contributed by atoms with E-state index in [9.17, 15) is 5.11 Å². The molecule has 0 spiro atoms. The molecule has 1 aromatic rings. The van der Waals surface area contributed by atoms with Crippen molar-refractivity contribution in [1.82, 2.24) is 4.90 Å². The predicted octanol–water partition coefficient (Wildman–Crippen LogP) is 2.15. The first-order valence-electron chi connectivity index (χ1n) is 5.95. The molecule has 0 fully saturated rings. The summed E-state index contributed by atoms with van der Waals surface area (Å²) >= 11 is 1.78. The number of nitrogens with zero attached hydrogens (tertiary/aromatic N) is 1. The van der Waals surface area contributed by atoms with E-state index in [1.165, 1.54) is 9.75 Å². The first kappa shape index (κ1) is 14.6. The van der Waals surface area contributed by atoms with E-state index in [-0.39, 0.29) is 24.2 Å². The van der Waals surface area contributed by atoms with Gasteiger partial charge in [0.25, 0.3) is 0 Å². The Hall–Kier alpha value is -0.420. The molecular formula is C13H24N2OS. The molecule has 98 valence electrons. The second-order valence-electron chi connectivity index (χ2n) is 5.33. The normalized spacial score (nSPS) is 16.2. The van der Waals surface area contributed by atoms with Crippen LogP contribution in [0.25, 0.3) is 0 Å². The molecule has 17 heavy (non-hydrogen) atoms. The van der Waals surface area contributed by atoms with Crippen LogP contribution in [0.2, 0.25) is 0 Å². The quantitative estimate of drug-likeness (QED) is 0.848. The summed E-state index contributed by atoms with van der Waals surface area (Å²) in [4.78, 5) is 4.73. The van der Waals surface area contributed by atoms with E-state index in [1.807, 2.05) is 27.8 Å². The Morgan fingerprint density at radius 1 is 1.47 bits per heavy atom. The standard InChI is InChI=1S/C13H24N2OS/c1-9-6-7-11(17-9)12(10(2)14)15(5)13(3,4)8-16/h6-7,10,12,16H,8,14H2,1-5H3. The van der Waals surface area contributed by atoms with Crippen LogP contribution in [-0.2, 0) is 0 Å². The summed E-state index contributed by atoms with van der Waals surface area (Å²) in [5.41, 5.74) is 5.85. The fourth-order valence-corrected chi connectivity index (χ4v) is 3.04.